The van der Waals surface area contributed by atoms with Gasteiger partial charge in [-0.1, -0.05) is 0 Å². The van der Waals surface area contributed by atoms with Crippen molar-refractivity contribution in [1.82, 2.24) is 9.47 Å². The molecule has 1 fully saturated rings. The van der Waals surface area contributed by atoms with Crippen molar-refractivity contribution in [2.45, 2.75) is 33.7 Å². The Morgan fingerprint density at radius 1 is 1.19 bits per heavy atom. The van der Waals surface area contributed by atoms with E-state index in [2.05, 4.69) is 16.7 Å². The molecule has 0 unspecified atom stereocenters. The number of carbonyl (C=O) groups excluding carboxylic acids is 3. The maximum Gasteiger partial charge on any atom is 0.329 e. The molecule has 1 atom stereocenters. The van der Waals surface area contributed by atoms with Crippen LogP contribution in [0, 0.1) is 13.8 Å². The molecule has 1 aromatic heterocycles. The summed E-state index contributed by atoms with van der Waals surface area (Å²) >= 11 is 0.841. The molecule has 2 heterocycles. The summed E-state index contributed by atoms with van der Waals surface area (Å²) in [6.07, 6.45) is 1.72. The predicted molar refractivity (Wildman–Crippen MR) is 123 cm³/mol. The van der Waals surface area contributed by atoms with Gasteiger partial charge in [0.2, 0.25) is 0 Å². The molecule has 164 valence electrons. The van der Waals surface area contributed by atoms with Gasteiger partial charge < -0.3 is 14.2 Å². The van der Waals surface area contributed by atoms with Crippen molar-refractivity contribution in [2.75, 3.05) is 25.6 Å². The summed E-state index contributed by atoms with van der Waals surface area (Å²) in [5, 5.41) is -0.468. The van der Waals surface area contributed by atoms with Gasteiger partial charge in [-0.2, -0.15) is 0 Å². The van der Waals surface area contributed by atoms with Crippen molar-refractivity contribution in [3.63, 3.8) is 0 Å². The van der Waals surface area contributed by atoms with E-state index in [0.29, 0.717) is 4.91 Å². The number of aromatic nitrogens is 1. The van der Waals surface area contributed by atoms with E-state index in [4.69, 9.17) is 4.74 Å². The van der Waals surface area contributed by atoms with Crippen molar-refractivity contribution in [3.05, 3.63) is 52.2 Å². The van der Waals surface area contributed by atoms with Gasteiger partial charge in [0, 0.05) is 36.9 Å². The summed E-state index contributed by atoms with van der Waals surface area (Å²) in [5.74, 6) is -1.07. The Morgan fingerprint density at radius 3 is 2.42 bits per heavy atom. The van der Waals surface area contributed by atoms with Crippen LogP contribution in [-0.2, 0) is 14.3 Å². The van der Waals surface area contributed by atoms with Gasteiger partial charge in [0.15, 0.2) is 0 Å². The fourth-order valence-electron chi connectivity index (χ4n) is 3.55. The molecule has 3 rings (SSSR count). The molecule has 0 spiro atoms. The first-order valence-electron chi connectivity index (χ1n) is 10.1. The minimum absolute atomic E-state index is 0.191. The van der Waals surface area contributed by atoms with Crippen LogP contribution in [0.1, 0.15) is 30.8 Å². The Bertz CT molecular complexity index is 1050. The number of carbonyl (C=O) groups is 3. The smallest absolute Gasteiger partial charge is 0.329 e. The lowest BCUT2D eigenvalue weighted by atomic mass is 10.2. The lowest BCUT2D eigenvalue weighted by Crippen LogP contribution is -2.42. The SMILES string of the molecule is CCOC(=O)[C@H](C)N1C(=O)S/C(=C\c2cc(C)n(-c3ccc(N(C)C)cc3)c2C)C1=O. The van der Waals surface area contributed by atoms with Crippen LogP contribution < -0.4 is 4.90 Å². The second kappa shape index (κ2) is 9.01. The van der Waals surface area contributed by atoms with Crippen LogP contribution in [0.4, 0.5) is 10.5 Å². The van der Waals surface area contributed by atoms with Gasteiger partial charge in [0.1, 0.15) is 6.04 Å². The first-order chi connectivity index (χ1) is 14.6. The monoisotopic (exact) mass is 441 g/mol. The van der Waals surface area contributed by atoms with Gasteiger partial charge in [0.25, 0.3) is 11.1 Å². The summed E-state index contributed by atoms with van der Waals surface area (Å²) < 4.78 is 7.06. The molecule has 1 aliphatic heterocycles. The second-order valence-electron chi connectivity index (χ2n) is 7.55. The largest absolute Gasteiger partial charge is 0.464 e. The molecule has 1 saturated heterocycles. The number of nitrogens with zero attached hydrogens (tertiary/aromatic N) is 3. The van der Waals surface area contributed by atoms with E-state index < -0.39 is 23.2 Å². The lowest BCUT2D eigenvalue weighted by Gasteiger charge is -2.19. The van der Waals surface area contributed by atoms with E-state index in [1.165, 1.54) is 6.92 Å². The zero-order valence-corrected chi connectivity index (χ0v) is 19.4. The minimum atomic E-state index is -0.957. The molecule has 2 amide bonds. The molecule has 8 heteroatoms. The lowest BCUT2D eigenvalue weighted by molar-refractivity contribution is -0.150. The van der Waals surface area contributed by atoms with Crippen LogP contribution in [0.2, 0.25) is 0 Å². The Balaban J connectivity index is 1.91. The van der Waals surface area contributed by atoms with Gasteiger partial charge >= 0.3 is 5.97 Å². The van der Waals surface area contributed by atoms with E-state index in [0.717, 1.165) is 45.0 Å². The number of ether oxygens (including phenoxy) is 1. The highest BCUT2D eigenvalue weighted by atomic mass is 32.2. The average Bonchev–Trinajstić information content (AvgIpc) is 3.16. The number of hydrogen-bond donors (Lipinski definition) is 0. The summed E-state index contributed by atoms with van der Waals surface area (Å²) in [5.41, 5.74) is 4.95. The Morgan fingerprint density at radius 2 is 1.84 bits per heavy atom. The summed E-state index contributed by atoms with van der Waals surface area (Å²) in [6, 6.07) is 9.23. The highest BCUT2D eigenvalue weighted by Crippen LogP contribution is 2.35. The number of aryl methyl sites for hydroxylation is 1. The zero-order chi connectivity index (χ0) is 22.9. The molecule has 2 aromatic rings. The van der Waals surface area contributed by atoms with Crippen LogP contribution in [0.25, 0.3) is 11.8 Å². The molecule has 1 aromatic carbocycles. The number of amides is 2. The first kappa shape index (κ1) is 22.7. The van der Waals surface area contributed by atoms with Gasteiger partial charge in [-0.25, -0.2) is 4.79 Å². The third kappa shape index (κ3) is 4.39. The van der Waals surface area contributed by atoms with Crippen molar-refractivity contribution in [2.24, 2.45) is 0 Å². The molecule has 0 bridgehead atoms. The van der Waals surface area contributed by atoms with E-state index in [9.17, 15) is 14.4 Å². The molecular weight excluding hydrogens is 414 g/mol. The molecule has 7 nitrogen and oxygen atoms in total. The third-order valence-corrected chi connectivity index (χ3v) is 6.10. The molecule has 0 aliphatic carbocycles. The summed E-state index contributed by atoms with van der Waals surface area (Å²) in [4.78, 5) is 40.6. The molecule has 1 aliphatic rings. The second-order valence-corrected chi connectivity index (χ2v) is 8.55. The van der Waals surface area contributed by atoms with Crippen LogP contribution in [0.3, 0.4) is 0 Å². The number of thioether (sulfide) groups is 1. The maximum absolute atomic E-state index is 12.8. The quantitative estimate of drug-likeness (QED) is 0.495. The van der Waals surface area contributed by atoms with E-state index >= 15 is 0 Å². The predicted octanol–water partition coefficient (Wildman–Crippen LogP) is 4.15. The van der Waals surface area contributed by atoms with Gasteiger partial charge in [0.05, 0.1) is 11.5 Å². The molecule has 0 N–H and O–H groups in total. The Kier molecular flexibility index (Phi) is 6.59. The number of esters is 1. The Labute approximate surface area is 186 Å². The van der Waals surface area contributed by atoms with Crippen molar-refractivity contribution < 1.29 is 19.1 Å². The average molecular weight is 442 g/mol. The first-order valence-corrected chi connectivity index (χ1v) is 10.9. The highest BCUT2D eigenvalue weighted by molar-refractivity contribution is 8.18. The number of benzene rings is 1. The fraction of sp³-hybridized carbons (Fsp3) is 0.348. The van der Waals surface area contributed by atoms with Gasteiger partial charge in [-0.05, 0) is 81.4 Å². The van der Waals surface area contributed by atoms with E-state index in [-0.39, 0.29) is 6.61 Å². The van der Waals surface area contributed by atoms with E-state index in [1.54, 1.807) is 13.0 Å². The third-order valence-electron chi connectivity index (χ3n) is 5.22. The topological polar surface area (TPSA) is 71.8 Å². The van der Waals surface area contributed by atoms with Crippen molar-refractivity contribution in [3.8, 4) is 5.69 Å². The minimum Gasteiger partial charge on any atom is -0.464 e. The Hall–Kier alpha value is -3.00. The fourth-order valence-corrected chi connectivity index (χ4v) is 4.45. The van der Waals surface area contributed by atoms with Crippen LogP contribution in [-0.4, -0.2) is 53.3 Å². The summed E-state index contributed by atoms with van der Waals surface area (Å²) in [7, 11) is 3.99. The normalized spacial score (nSPS) is 16.2. The molecular formula is C23H27N3O4S. The van der Waals surface area contributed by atoms with E-state index in [1.807, 2.05) is 51.0 Å². The van der Waals surface area contributed by atoms with Gasteiger partial charge in [-0.15, -0.1) is 0 Å². The number of imide groups is 1. The van der Waals surface area contributed by atoms with Crippen LogP contribution in [0.5, 0.6) is 0 Å². The van der Waals surface area contributed by atoms with Crippen LogP contribution >= 0.6 is 11.8 Å². The number of hydrogen-bond acceptors (Lipinski definition) is 6. The van der Waals surface area contributed by atoms with Crippen molar-refractivity contribution >= 4 is 40.6 Å². The molecule has 0 radical (unpaired) electrons. The van der Waals surface area contributed by atoms with Crippen molar-refractivity contribution in [1.29, 1.82) is 0 Å². The molecule has 31 heavy (non-hydrogen) atoms. The van der Waals surface area contributed by atoms with Gasteiger partial charge in [-0.3, -0.25) is 14.5 Å². The standard InChI is InChI=1S/C23H27N3O4S/c1-7-30-22(28)16(4)26-21(27)20(31-23(26)29)13-17-12-14(2)25(15(17)3)19-10-8-18(9-11-19)24(5)6/h8-13,16H,7H2,1-6H3/b20-13-/t16-/m0/s1. The number of anilines is 1. The maximum atomic E-state index is 12.8. The zero-order valence-electron chi connectivity index (χ0n) is 18.6. The van der Waals surface area contributed by atoms with Crippen LogP contribution in [0.15, 0.2) is 35.2 Å². The molecule has 0 saturated carbocycles. The summed E-state index contributed by atoms with van der Waals surface area (Å²) in [6.45, 7) is 7.35. The highest BCUT2D eigenvalue weighted by Gasteiger charge is 2.41. The number of rotatable bonds is 6.